The Morgan fingerprint density at radius 3 is 0.689 bits per heavy atom. The molecule has 0 aliphatic heterocycles. The minimum atomic E-state index is -0.497. The van der Waals surface area contributed by atoms with Gasteiger partial charge >= 0.3 is 313 Å². The zero-order valence-corrected chi connectivity index (χ0v) is 37.0. The summed E-state index contributed by atoms with van der Waals surface area (Å²) in [5.41, 5.74) is 17.4. The first-order valence-electron chi connectivity index (χ1n) is 15.6. The van der Waals surface area contributed by atoms with Crippen molar-refractivity contribution in [3.05, 3.63) is 146 Å². The Labute approximate surface area is 309 Å². The molecule has 0 aliphatic carbocycles. The third-order valence-corrected chi connectivity index (χ3v) is 19.2. The van der Waals surface area contributed by atoms with Crippen LogP contribution in [0.15, 0.2) is 78.9 Å². The van der Waals surface area contributed by atoms with Crippen LogP contribution in [0, 0.1) is 83.1 Å². The van der Waals surface area contributed by atoms with Gasteiger partial charge in [-0.2, -0.15) is 0 Å². The van der Waals surface area contributed by atoms with Crippen LogP contribution in [0.5, 0.6) is 0 Å². The molecular formula is C42H49Sb3. The van der Waals surface area contributed by atoms with Gasteiger partial charge < -0.3 is 0 Å². The predicted octanol–water partition coefficient (Wildman–Crippen LogP) is 6.86. The van der Waals surface area contributed by atoms with Gasteiger partial charge in [0, 0.05) is 0 Å². The van der Waals surface area contributed by atoms with Gasteiger partial charge in [0.15, 0.2) is 0 Å². The summed E-state index contributed by atoms with van der Waals surface area (Å²) in [5.74, 6) is 0. The van der Waals surface area contributed by atoms with Crippen LogP contribution < -0.4 is 17.6 Å². The Kier molecular flexibility index (Phi) is 14.9. The molecule has 0 amide bonds. The average Bonchev–Trinajstić information content (AvgIpc) is 2.91. The second kappa shape index (κ2) is 17.6. The summed E-state index contributed by atoms with van der Waals surface area (Å²) in [6.45, 7) is 26.9. The molecule has 5 rings (SSSR count). The fraction of sp³-hybridized carbons (Fsp3) is 0.286. The molecule has 0 heterocycles. The molecule has 0 saturated heterocycles. The van der Waals surface area contributed by atoms with Crippen molar-refractivity contribution in [3.8, 4) is 0 Å². The fourth-order valence-corrected chi connectivity index (χ4v) is 13.3. The first kappa shape index (κ1) is 38.0. The van der Waals surface area contributed by atoms with Gasteiger partial charge in [0.2, 0.25) is 0 Å². The van der Waals surface area contributed by atoms with Gasteiger partial charge in [-0.15, -0.1) is 0 Å². The van der Waals surface area contributed by atoms with E-state index in [0.29, 0.717) is 0 Å². The Bertz CT molecular complexity index is 1450. The SMILES string of the molecule is Cc1cc(C)[c]([Sb][c]2c(C)cc(C)cc2C)c(C)c1.Cc1cc(C)[c]([Sb][c]2c(C)cc(C)cc2C)c(C)c1.[Sb][c]1ccccc1. The molecular weight excluding hydrogens is 870 g/mol. The van der Waals surface area contributed by atoms with Crippen LogP contribution >= 0.6 is 0 Å². The van der Waals surface area contributed by atoms with Gasteiger partial charge in [0.25, 0.3) is 0 Å². The maximum atomic E-state index is 2.33. The summed E-state index contributed by atoms with van der Waals surface area (Å²) in [4.78, 5) is 0. The van der Waals surface area contributed by atoms with Crippen LogP contribution in [-0.2, 0) is 0 Å². The van der Waals surface area contributed by atoms with Crippen molar-refractivity contribution in [2.75, 3.05) is 0 Å². The van der Waals surface area contributed by atoms with E-state index in [0.717, 1.165) is 0 Å². The molecule has 232 valence electrons. The summed E-state index contributed by atoms with van der Waals surface area (Å²) < 4.78 is 7.92. The summed E-state index contributed by atoms with van der Waals surface area (Å²) >= 11 is 0.763. The second-order valence-corrected chi connectivity index (χ2v) is 20.4. The number of rotatable bonds is 4. The number of hydrogen-bond acceptors (Lipinski definition) is 0. The standard InChI is InChI=1S/4C9H11.C6H5.3Sb/c4*1-7-4-8(2)6-9(3)5-7;1-2-4-6-5-3-1;;;/h4*4-5H,1-3H3;1-5H;;;. The summed E-state index contributed by atoms with van der Waals surface area (Å²) in [7, 11) is 0. The molecule has 0 N–H and O–H groups in total. The molecule has 4 radical (unpaired) electrons. The predicted molar refractivity (Wildman–Crippen MR) is 204 cm³/mol. The molecule has 0 aliphatic rings. The van der Waals surface area contributed by atoms with Crippen LogP contribution in [0.3, 0.4) is 0 Å². The van der Waals surface area contributed by atoms with E-state index >= 15 is 0 Å². The van der Waals surface area contributed by atoms with E-state index in [9.17, 15) is 0 Å². The number of aryl methyl sites for hydroxylation is 12. The van der Waals surface area contributed by atoms with Crippen molar-refractivity contribution >= 4 is 83.8 Å². The summed E-state index contributed by atoms with van der Waals surface area (Å²) in [6.07, 6.45) is 0. The molecule has 5 aromatic carbocycles. The van der Waals surface area contributed by atoms with E-state index in [1.54, 1.807) is 37.1 Å². The van der Waals surface area contributed by atoms with Crippen molar-refractivity contribution in [1.29, 1.82) is 0 Å². The molecule has 5 aromatic rings. The monoisotopic (exact) mass is 916 g/mol. The molecule has 0 unspecified atom stereocenters. The Morgan fingerprint density at radius 2 is 0.533 bits per heavy atom. The first-order chi connectivity index (χ1) is 21.2. The zero-order valence-electron chi connectivity index (χ0n) is 29.3. The van der Waals surface area contributed by atoms with Gasteiger partial charge in [0.05, 0.1) is 0 Å². The second-order valence-electron chi connectivity index (χ2n) is 12.5. The minimum absolute atomic E-state index is 0.497. The molecule has 0 fully saturated rings. The summed E-state index contributed by atoms with van der Waals surface area (Å²) in [5, 5.41) is 0. The topological polar surface area (TPSA) is 0 Å². The van der Waals surface area contributed by atoms with Crippen molar-refractivity contribution in [2.24, 2.45) is 0 Å². The molecule has 0 bridgehead atoms. The van der Waals surface area contributed by atoms with Crippen LogP contribution in [0.25, 0.3) is 0 Å². The van der Waals surface area contributed by atoms with E-state index in [-0.39, 0.29) is 0 Å². The Morgan fingerprint density at radius 1 is 0.333 bits per heavy atom. The molecule has 45 heavy (non-hydrogen) atoms. The van der Waals surface area contributed by atoms with Gasteiger partial charge in [0.1, 0.15) is 0 Å². The maximum absolute atomic E-state index is 2.33. The molecule has 0 aromatic heterocycles. The van der Waals surface area contributed by atoms with E-state index in [1.807, 2.05) is 18.2 Å². The zero-order chi connectivity index (χ0) is 33.4. The van der Waals surface area contributed by atoms with Crippen LogP contribution in [-0.4, -0.2) is 66.3 Å². The van der Waals surface area contributed by atoms with E-state index in [1.165, 1.54) is 70.3 Å². The van der Waals surface area contributed by atoms with Crippen LogP contribution in [0.2, 0.25) is 0 Å². The third kappa shape index (κ3) is 11.3. The van der Waals surface area contributed by atoms with E-state index < -0.39 is 43.2 Å². The first-order valence-corrected chi connectivity index (χ1v) is 22.0. The van der Waals surface area contributed by atoms with Gasteiger partial charge in [-0.3, -0.25) is 0 Å². The third-order valence-electron chi connectivity index (χ3n) is 7.75. The quantitative estimate of drug-likeness (QED) is 0.173. The van der Waals surface area contributed by atoms with Crippen molar-refractivity contribution in [3.63, 3.8) is 0 Å². The van der Waals surface area contributed by atoms with Crippen LogP contribution in [0.4, 0.5) is 0 Å². The molecule has 3 heteroatoms. The van der Waals surface area contributed by atoms with Gasteiger partial charge in [-0.1, -0.05) is 0 Å². The number of benzene rings is 5. The normalized spacial score (nSPS) is 10.5. The molecule has 0 nitrogen and oxygen atoms in total. The molecule has 0 atom stereocenters. The van der Waals surface area contributed by atoms with Gasteiger partial charge in [-0.25, -0.2) is 0 Å². The fourth-order valence-electron chi connectivity index (χ4n) is 6.05. The van der Waals surface area contributed by atoms with Crippen molar-refractivity contribution in [1.82, 2.24) is 0 Å². The summed E-state index contributed by atoms with van der Waals surface area (Å²) in [6, 6.07) is 29.0. The van der Waals surface area contributed by atoms with E-state index in [2.05, 4.69) is 144 Å². The van der Waals surface area contributed by atoms with Crippen molar-refractivity contribution < 1.29 is 0 Å². The number of hydrogen-bond donors (Lipinski definition) is 0. The molecule has 0 saturated carbocycles. The van der Waals surface area contributed by atoms with Gasteiger partial charge in [-0.05, 0) is 0 Å². The van der Waals surface area contributed by atoms with Crippen LogP contribution in [0.1, 0.15) is 66.8 Å². The Hall–Kier alpha value is -1.45. The van der Waals surface area contributed by atoms with E-state index in [4.69, 9.17) is 0 Å². The average molecular weight is 919 g/mol. The Balaban J connectivity index is 0.000000202. The van der Waals surface area contributed by atoms with Crippen molar-refractivity contribution in [2.45, 2.75) is 83.1 Å². The molecule has 0 spiro atoms.